The van der Waals surface area contributed by atoms with E-state index >= 15 is 0 Å². The van der Waals surface area contributed by atoms with E-state index < -0.39 is 0 Å². The molecular weight excluding hydrogens is 344 g/mol. The number of fused-ring (bicyclic) bond motifs is 2. The number of hydrogen-bond acceptors (Lipinski definition) is 2. The van der Waals surface area contributed by atoms with Crippen LogP contribution in [-0.4, -0.2) is 47.8 Å². The SMILES string of the molecule is O=C(CN1CC2(CC2)c2cc(Br)ccc2C1=O)N1CCCC1. The maximum atomic E-state index is 12.7. The lowest BCUT2D eigenvalue weighted by Crippen LogP contribution is -2.48. The molecule has 2 amide bonds. The van der Waals surface area contributed by atoms with Crippen LogP contribution in [0.2, 0.25) is 0 Å². The Morgan fingerprint density at radius 2 is 1.95 bits per heavy atom. The summed E-state index contributed by atoms with van der Waals surface area (Å²) in [5.41, 5.74) is 2.04. The number of hydrogen-bond donors (Lipinski definition) is 0. The predicted octanol–water partition coefficient (Wildman–Crippen LogP) is 2.56. The highest BCUT2D eigenvalue weighted by molar-refractivity contribution is 9.10. The Labute approximate surface area is 138 Å². The van der Waals surface area contributed by atoms with E-state index in [0.29, 0.717) is 6.54 Å². The van der Waals surface area contributed by atoms with Gasteiger partial charge in [0.05, 0.1) is 0 Å². The minimum atomic E-state index is 0.00701. The van der Waals surface area contributed by atoms with Crippen LogP contribution in [0.5, 0.6) is 0 Å². The first kappa shape index (κ1) is 14.2. The summed E-state index contributed by atoms with van der Waals surface area (Å²) in [7, 11) is 0. The molecule has 1 spiro atoms. The van der Waals surface area contributed by atoms with E-state index in [-0.39, 0.29) is 23.8 Å². The van der Waals surface area contributed by atoms with Crippen LogP contribution in [0.15, 0.2) is 22.7 Å². The Balaban J connectivity index is 1.59. The van der Waals surface area contributed by atoms with Crippen molar-refractivity contribution in [3.63, 3.8) is 0 Å². The van der Waals surface area contributed by atoms with Gasteiger partial charge in [0.2, 0.25) is 5.91 Å². The Morgan fingerprint density at radius 1 is 1.23 bits per heavy atom. The van der Waals surface area contributed by atoms with E-state index in [1.165, 1.54) is 0 Å². The average molecular weight is 363 g/mol. The molecule has 0 atom stereocenters. The molecule has 22 heavy (non-hydrogen) atoms. The molecule has 2 heterocycles. The van der Waals surface area contributed by atoms with Crippen molar-refractivity contribution < 1.29 is 9.59 Å². The number of likely N-dealkylation sites (tertiary alicyclic amines) is 1. The van der Waals surface area contributed by atoms with Crippen LogP contribution in [0.25, 0.3) is 0 Å². The van der Waals surface area contributed by atoms with Gasteiger partial charge in [0.25, 0.3) is 5.91 Å². The summed E-state index contributed by atoms with van der Waals surface area (Å²) in [5, 5.41) is 0. The summed E-state index contributed by atoms with van der Waals surface area (Å²) in [6.45, 7) is 2.61. The monoisotopic (exact) mass is 362 g/mol. The van der Waals surface area contributed by atoms with E-state index in [1.807, 2.05) is 17.0 Å². The molecule has 1 saturated carbocycles. The molecule has 0 radical (unpaired) electrons. The first-order valence-corrected chi connectivity index (χ1v) is 8.75. The van der Waals surface area contributed by atoms with Gasteiger partial charge in [-0.3, -0.25) is 9.59 Å². The summed E-state index contributed by atoms with van der Waals surface area (Å²) in [5.74, 6) is 0.106. The molecule has 0 N–H and O–H groups in total. The Kier molecular flexibility index (Phi) is 3.29. The third kappa shape index (κ3) is 2.26. The second-order valence-corrected chi connectivity index (χ2v) is 7.64. The van der Waals surface area contributed by atoms with Crippen LogP contribution >= 0.6 is 15.9 Å². The highest BCUT2D eigenvalue weighted by atomic mass is 79.9. The van der Waals surface area contributed by atoms with Gasteiger partial charge in [0.1, 0.15) is 6.54 Å². The van der Waals surface area contributed by atoms with Crippen LogP contribution in [0.4, 0.5) is 0 Å². The second kappa shape index (κ2) is 5.08. The molecule has 0 bridgehead atoms. The van der Waals surface area contributed by atoms with Crippen molar-refractivity contribution in [2.45, 2.75) is 31.1 Å². The fraction of sp³-hybridized carbons (Fsp3) is 0.529. The number of carbonyl (C=O) groups excluding carboxylic acids is 2. The third-order valence-corrected chi connectivity index (χ3v) is 5.70. The number of benzene rings is 1. The summed E-state index contributed by atoms with van der Waals surface area (Å²) in [6.07, 6.45) is 4.39. The van der Waals surface area contributed by atoms with E-state index in [2.05, 4.69) is 22.0 Å². The van der Waals surface area contributed by atoms with Crippen LogP contribution in [0, 0.1) is 0 Å². The molecule has 5 heteroatoms. The van der Waals surface area contributed by atoms with Crippen LogP contribution < -0.4 is 0 Å². The van der Waals surface area contributed by atoms with Crippen LogP contribution in [0.1, 0.15) is 41.6 Å². The van der Waals surface area contributed by atoms with Crippen LogP contribution in [0.3, 0.4) is 0 Å². The smallest absolute Gasteiger partial charge is 0.254 e. The normalized spacial score (nSPS) is 22.1. The highest BCUT2D eigenvalue weighted by Gasteiger charge is 2.51. The van der Waals surface area contributed by atoms with Gasteiger partial charge in [0.15, 0.2) is 0 Å². The molecule has 0 aromatic heterocycles. The molecule has 2 aliphatic heterocycles. The summed E-state index contributed by atoms with van der Waals surface area (Å²) >= 11 is 3.50. The van der Waals surface area contributed by atoms with Crippen molar-refractivity contribution in [3.8, 4) is 0 Å². The van der Waals surface area contributed by atoms with Crippen molar-refractivity contribution in [1.29, 1.82) is 0 Å². The standard InChI is InChI=1S/C17H19BrN2O2/c18-12-3-4-13-14(9-12)17(5-6-17)11-20(16(13)22)10-15(21)19-7-1-2-8-19/h3-4,9H,1-2,5-8,10-11H2. The molecular formula is C17H19BrN2O2. The summed E-state index contributed by atoms with van der Waals surface area (Å²) in [4.78, 5) is 28.8. The largest absolute Gasteiger partial charge is 0.341 e. The fourth-order valence-corrected chi connectivity index (χ4v) is 4.13. The number of carbonyl (C=O) groups is 2. The number of nitrogens with zero attached hydrogens (tertiary/aromatic N) is 2. The Morgan fingerprint density at radius 3 is 2.64 bits per heavy atom. The molecule has 3 aliphatic rings. The minimum absolute atomic E-state index is 0.00701. The van der Waals surface area contributed by atoms with Gasteiger partial charge < -0.3 is 9.80 Å². The van der Waals surface area contributed by atoms with Gasteiger partial charge in [-0.05, 0) is 49.4 Å². The topological polar surface area (TPSA) is 40.6 Å². The maximum absolute atomic E-state index is 12.7. The van der Waals surface area contributed by atoms with Crippen molar-refractivity contribution in [2.24, 2.45) is 0 Å². The van der Waals surface area contributed by atoms with Crippen molar-refractivity contribution in [1.82, 2.24) is 9.80 Å². The van der Waals surface area contributed by atoms with Crippen molar-refractivity contribution >= 4 is 27.7 Å². The molecule has 4 rings (SSSR count). The van der Waals surface area contributed by atoms with Crippen LogP contribution in [-0.2, 0) is 10.2 Å². The zero-order chi connectivity index (χ0) is 15.3. The Hall–Kier alpha value is -1.36. The second-order valence-electron chi connectivity index (χ2n) is 6.72. The molecule has 1 aromatic carbocycles. The fourth-order valence-electron chi connectivity index (χ4n) is 3.77. The maximum Gasteiger partial charge on any atom is 0.254 e. The first-order chi connectivity index (χ1) is 10.6. The van der Waals surface area contributed by atoms with Gasteiger partial charge in [-0.25, -0.2) is 0 Å². The average Bonchev–Trinajstić information content (AvgIpc) is 3.06. The number of halogens is 1. The van der Waals surface area contributed by atoms with E-state index in [0.717, 1.165) is 54.4 Å². The lowest BCUT2D eigenvalue weighted by molar-refractivity contribution is -0.130. The third-order valence-electron chi connectivity index (χ3n) is 5.20. The highest BCUT2D eigenvalue weighted by Crippen LogP contribution is 2.52. The molecule has 2 fully saturated rings. The number of amides is 2. The zero-order valence-corrected chi connectivity index (χ0v) is 14.1. The van der Waals surface area contributed by atoms with Gasteiger partial charge in [0, 0.05) is 35.1 Å². The predicted molar refractivity (Wildman–Crippen MR) is 86.8 cm³/mol. The molecule has 116 valence electrons. The van der Waals surface area contributed by atoms with E-state index in [4.69, 9.17) is 0 Å². The van der Waals surface area contributed by atoms with E-state index in [9.17, 15) is 9.59 Å². The summed E-state index contributed by atoms with van der Waals surface area (Å²) < 4.78 is 1.02. The van der Waals surface area contributed by atoms with Gasteiger partial charge in [-0.15, -0.1) is 0 Å². The summed E-state index contributed by atoms with van der Waals surface area (Å²) in [6, 6.07) is 5.90. The molecule has 1 saturated heterocycles. The van der Waals surface area contributed by atoms with Gasteiger partial charge >= 0.3 is 0 Å². The van der Waals surface area contributed by atoms with E-state index in [1.54, 1.807) is 4.90 Å². The first-order valence-electron chi connectivity index (χ1n) is 7.96. The van der Waals surface area contributed by atoms with Gasteiger partial charge in [-0.2, -0.15) is 0 Å². The zero-order valence-electron chi connectivity index (χ0n) is 12.5. The molecule has 0 unspecified atom stereocenters. The van der Waals surface area contributed by atoms with Gasteiger partial charge in [-0.1, -0.05) is 15.9 Å². The van der Waals surface area contributed by atoms with Crippen molar-refractivity contribution in [3.05, 3.63) is 33.8 Å². The molecule has 1 aromatic rings. The van der Waals surface area contributed by atoms with Crippen molar-refractivity contribution in [2.75, 3.05) is 26.2 Å². The molecule has 4 nitrogen and oxygen atoms in total. The quantitative estimate of drug-likeness (QED) is 0.810. The minimum Gasteiger partial charge on any atom is -0.341 e. The Bertz CT molecular complexity index is 648. The lowest BCUT2D eigenvalue weighted by Gasteiger charge is -2.35. The number of rotatable bonds is 2. The lowest BCUT2D eigenvalue weighted by atomic mass is 9.86. The molecule has 1 aliphatic carbocycles.